The van der Waals surface area contributed by atoms with Crippen LogP contribution in [-0.2, 0) is 4.79 Å². The summed E-state index contributed by atoms with van der Waals surface area (Å²) < 4.78 is 12.5. The van der Waals surface area contributed by atoms with E-state index >= 15 is 0 Å². The smallest absolute Gasteiger partial charge is 0.243 e. The van der Waals surface area contributed by atoms with Gasteiger partial charge in [0.05, 0.1) is 6.26 Å². The second-order valence-corrected chi connectivity index (χ2v) is 8.25. The normalized spacial score (nSPS) is 11.9. The van der Waals surface area contributed by atoms with Gasteiger partial charge in [-0.2, -0.15) is 0 Å². The summed E-state index contributed by atoms with van der Waals surface area (Å²) in [4.78, 5) is 13.3. The zero-order valence-electron chi connectivity index (χ0n) is 17.6. The standard InChI is InChI=1S/C24H19N5O3S/c1-16-15-20(28-32-16)25-23(30)21(17-9-4-2-5-10-17)33-24-27-26-22(19-13-8-14-31-19)29(24)18-11-6-3-7-12-18/h2-15,21H,1H3,(H,25,28,30). The molecule has 1 unspecified atom stereocenters. The number of furan rings is 1. The van der Waals surface area contributed by atoms with Gasteiger partial charge in [-0.25, -0.2) is 0 Å². The fraction of sp³-hybridized carbons (Fsp3) is 0.0833. The van der Waals surface area contributed by atoms with Gasteiger partial charge in [0.25, 0.3) is 0 Å². The Morgan fingerprint density at radius 3 is 2.42 bits per heavy atom. The average Bonchev–Trinajstić information content (AvgIpc) is 3.60. The van der Waals surface area contributed by atoms with Crippen molar-refractivity contribution < 1.29 is 13.7 Å². The van der Waals surface area contributed by atoms with Crippen molar-refractivity contribution >= 4 is 23.5 Å². The first kappa shape index (κ1) is 20.8. The van der Waals surface area contributed by atoms with Gasteiger partial charge < -0.3 is 14.3 Å². The predicted molar refractivity (Wildman–Crippen MR) is 124 cm³/mol. The van der Waals surface area contributed by atoms with Gasteiger partial charge in [-0.1, -0.05) is 65.4 Å². The molecule has 0 aliphatic carbocycles. The van der Waals surface area contributed by atoms with Crippen LogP contribution in [0.25, 0.3) is 17.3 Å². The SMILES string of the molecule is Cc1cc(NC(=O)C(Sc2nnc(-c3ccco3)n2-c2ccccc2)c2ccccc2)no1. The van der Waals surface area contributed by atoms with Crippen molar-refractivity contribution in [3.05, 3.63) is 96.4 Å². The fourth-order valence-corrected chi connectivity index (χ4v) is 4.40. The number of thioether (sulfide) groups is 1. The van der Waals surface area contributed by atoms with E-state index in [-0.39, 0.29) is 5.91 Å². The number of carbonyl (C=O) groups is 1. The highest BCUT2D eigenvalue weighted by Crippen LogP contribution is 2.38. The Labute approximate surface area is 193 Å². The molecule has 0 saturated heterocycles. The van der Waals surface area contributed by atoms with Crippen molar-refractivity contribution in [1.29, 1.82) is 0 Å². The number of nitrogens with one attached hydrogen (secondary N) is 1. The molecule has 8 nitrogen and oxygen atoms in total. The molecule has 1 amide bonds. The van der Waals surface area contributed by atoms with E-state index in [1.165, 1.54) is 11.8 Å². The van der Waals surface area contributed by atoms with Crippen LogP contribution in [0.2, 0.25) is 0 Å². The van der Waals surface area contributed by atoms with Gasteiger partial charge in [-0.15, -0.1) is 10.2 Å². The molecule has 0 bridgehead atoms. The minimum atomic E-state index is -0.612. The van der Waals surface area contributed by atoms with Gasteiger partial charge in [0.15, 0.2) is 16.7 Å². The summed E-state index contributed by atoms with van der Waals surface area (Å²) in [7, 11) is 0. The van der Waals surface area contributed by atoms with Crippen LogP contribution in [0.15, 0.2) is 99.2 Å². The van der Waals surface area contributed by atoms with Crippen LogP contribution in [0.3, 0.4) is 0 Å². The highest BCUT2D eigenvalue weighted by molar-refractivity contribution is 8.00. The predicted octanol–water partition coefficient (Wildman–Crippen LogP) is 5.30. The first-order valence-corrected chi connectivity index (χ1v) is 11.1. The summed E-state index contributed by atoms with van der Waals surface area (Å²) in [5, 5.41) is 15.4. The Morgan fingerprint density at radius 1 is 1.00 bits per heavy atom. The minimum Gasteiger partial charge on any atom is -0.461 e. The zero-order valence-corrected chi connectivity index (χ0v) is 18.4. The number of para-hydroxylation sites is 1. The Hall–Kier alpha value is -4.11. The summed E-state index contributed by atoms with van der Waals surface area (Å²) in [5.74, 6) is 1.85. The van der Waals surface area contributed by atoms with Crippen LogP contribution < -0.4 is 5.32 Å². The Morgan fingerprint density at radius 2 is 1.76 bits per heavy atom. The molecule has 9 heteroatoms. The highest BCUT2D eigenvalue weighted by Gasteiger charge is 2.27. The molecule has 164 valence electrons. The third kappa shape index (κ3) is 4.44. The number of nitrogens with zero attached hydrogens (tertiary/aromatic N) is 4. The lowest BCUT2D eigenvalue weighted by atomic mass is 10.1. The van der Waals surface area contributed by atoms with E-state index in [2.05, 4.69) is 20.7 Å². The van der Waals surface area contributed by atoms with Crippen molar-refractivity contribution in [2.75, 3.05) is 5.32 Å². The quantitative estimate of drug-likeness (QED) is 0.331. The molecule has 5 aromatic rings. The van der Waals surface area contributed by atoms with E-state index in [1.807, 2.05) is 71.3 Å². The van der Waals surface area contributed by atoms with Crippen molar-refractivity contribution in [1.82, 2.24) is 19.9 Å². The van der Waals surface area contributed by atoms with Crippen molar-refractivity contribution in [2.45, 2.75) is 17.3 Å². The molecule has 1 atom stereocenters. The molecular weight excluding hydrogens is 438 g/mol. The topological polar surface area (TPSA) is 99.0 Å². The minimum absolute atomic E-state index is 0.248. The molecule has 33 heavy (non-hydrogen) atoms. The Balaban J connectivity index is 1.55. The molecule has 5 rings (SSSR count). The number of aryl methyl sites for hydroxylation is 1. The number of carbonyl (C=O) groups excluding carboxylic acids is 1. The monoisotopic (exact) mass is 457 g/mol. The largest absolute Gasteiger partial charge is 0.461 e. The summed E-state index contributed by atoms with van der Waals surface area (Å²) in [6.45, 7) is 1.77. The molecule has 0 fully saturated rings. The van der Waals surface area contributed by atoms with Crippen LogP contribution in [0.5, 0.6) is 0 Å². The average molecular weight is 458 g/mol. The molecule has 3 heterocycles. The van der Waals surface area contributed by atoms with E-state index in [0.717, 1.165) is 11.3 Å². The maximum absolute atomic E-state index is 13.3. The van der Waals surface area contributed by atoms with Gasteiger partial charge >= 0.3 is 0 Å². The molecule has 0 radical (unpaired) electrons. The number of anilines is 1. The molecule has 0 spiro atoms. The molecule has 0 aliphatic heterocycles. The summed E-state index contributed by atoms with van der Waals surface area (Å²) in [6, 6.07) is 24.5. The number of hydrogen-bond acceptors (Lipinski definition) is 7. The number of aromatic nitrogens is 4. The van der Waals surface area contributed by atoms with Gasteiger partial charge in [-0.05, 0) is 36.8 Å². The lowest BCUT2D eigenvalue weighted by molar-refractivity contribution is -0.115. The van der Waals surface area contributed by atoms with E-state index in [4.69, 9.17) is 8.94 Å². The summed E-state index contributed by atoms with van der Waals surface area (Å²) in [6.07, 6.45) is 1.59. The van der Waals surface area contributed by atoms with E-state index in [1.54, 1.807) is 25.3 Å². The van der Waals surface area contributed by atoms with Crippen molar-refractivity contribution in [2.24, 2.45) is 0 Å². The number of hydrogen-bond donors (Lipinski definition) is 1. The molecule has 0 aliphatic rings. The maximum Gasteiger partial charge on any atom is 0.243 e. The first-order chi connectivity index (χ1) is 16.2. The molecular formula is C24H19N5O3S. The second-order valence-electron chi connectivity index (χ2n) is 7.18. The third-order valence-electron chi connectivity index (χ3n) is 4.83. The van der Waals surface area contributed by atoms with Gasteiger partial charge in [0, 0.05) is 11.8 Å². The highest BCUT2D eigenvalue weighted by atomic mass is 32.2. The lowest BCUT2D eigenvalue weighted by Gasteiger charge is -2.16. The summed E-state index contributed by atoms with van der Waals surface area (Å²) >= 11 is 1.29. The van der Waals surface area contributed by atoms with E-state index in [0.29, 0.717) is 28.3 Å². The van der Waals surface area contributed by atoms with Gasteiger partial charge in [-0.3, -0.25) is 9.36 Å². The van der Waals surface area contributed by atoms with Crippen molar-refractivity contribution in [3.63, 3.8) is 0 Å². The van der Waals surface area contributed by atoms with Crippen LogP contribution in [-0.4, -0.2) is 25.8 Å². The molecule has 1 N–H and O–H groups in total. The van der Waals surface area contributed by atoms with Gasteiger partial charge in [0.1, 0.15) is 11.0 Å². The summed E-state index contributed by atoms with van der Waals surface area (Å²) in [5.41, 5.74) is 1.68. The van der Waals surface area contributed by atoms with E-state index < -0.39 is 5.25 Å². The lowest BCUT2D eigenvalue weighted by Crippen LogP contribution is -2.19. The number of benzene rings is 2. The van der Waals surface area contributed by atoms with Crippen LogP contribution in [0, 0.1) is 6.92 Å². The number of rotatable bonds is 7. The maximum atomic E-state index is 13.3. The fourth-order valence-electron chi connectivity index (χ4n) is 3.34. The molecule has 0 saturated carbocycles. The number of amides is 1. The van der Waals surface area contributed by atoms with E-state index in [9.17, 15) is 4.79 Å². The van der Waals surface area contributed by atoms with Crippen LogP contribution in [0.1, 0.15) is 16.6 Å². The third-order valence-corrected chi connectivity index (χ3v) is 6.03. The zero-order chi connectivity index (χ0) is 22.6. The van der Waals surface area contributed by atoms with Crippen molar-refractivity contribution in [3.8, 4) is 17.3 Å². The first-order valence-electron chi connectivity index (χ1n) is 10.2. The van der Waals surface area contributed by atoms with Crippen LogP contribution in [0.4, 0.5) is 5.82 Å². The molecule has 3 aromatic heterocycles. The second kappa shape index (κ2) is 9.17. The Bertz CT molecular complexity index is 1350. The Kier molecular flexibility index (Phi) is 5.77. The molecule has 2 aromatic carbocycles. The van der Waals surface area contributed by atoms with Gasteiger partial charge in [0.2, 0.25) is 11.7 Å². The van der Waals surface area contributed by atoms with Crippen LogP contribution >= 0.6 is 11.8 Å².